The molecule has 100 valence electrons. The van der Waals surface area contributed by atoms with E-state index in [2.05, 4.69) is 15.3 Å². The number of ether oxygens (including phenoxy) is 1. The van der Waals surface area contributed by atoms with Crippen molar-refractivity contribution in [2.75, 3.05) is 18.2 Å². The van der Waals surface area contributed by atoms with E-state index in [0.717, 1.165) is 0 Å². The maximum Gasteiger partial charge on any atom is 0.167 e. The molecule has 1 heterocycles. The van der Waals surface area contributed by atoms with Crippen LogP contribution in [0, 0.1) is 12.7 Å². The van der Waals surface area contributed by atoms with Gasteiger partial charge in [-0.25, -0.2) is 14.4 Å². The van der Waals surface area contributed by atoms with Gasteiger partial charge in [0.2, 0.25) is 0 Å². The number of aryl methyl sites for hydroxylation is 1. The van der Waals surface area contributed by atoms with Gasteiger partial charge >= 0.3 is 0 Å². The number of halogens is 2. The van der Waals surface area contributed by atoms with Crippen LogP contribution >= 0.6 is 11.6 Å². The molecule has 0 bridgehead atoms. The topological polar surface area (TPSA) is 73.1 Å². The van der Waals surface area contributed by atoms with Crippen molar-refractivity contribution in [3.8, 4) is 5.75 Å². The average molecular weight is 283 g/mol. The third kappa shape index (κ3) is 2.85. The number of nitrogens with zero attached hydrogens (tertiary/aromatic N) is 2. The monoisotopic (exact) mass is 282 g/mol. The molecule has 0 aliphatic heterocycles. The van der Waals surface area contributed by atoms with Crippen molar-refractivity contribution < 1.29 is 9.13 Å². The van der Waals surface area contributed by atoms with Crippen molar-refractivity contribution in [1.82, 2.24) is 9.97 Å². The maximum absolute atomic E-state index is 13.6. The van der Waals surface area contributed by atoms with Crippen LogP contribution in [0.5, 0.6) is 5.75 Å². The Morgan fingerprint density at radius 2 is 2.11 bits per heavy atom. The summed E-state index contributed by atoms with van der Waals surface area (Å²) in [5, 5.41) is 3.05. The molecule has 5 nitrogen and oxygen atoms in total. The molecule has 0 aliphatic rings. The highest BCUT2D eigenvalue weighted by molar-refractivity contribution is 6.32. The van der Waals surface area contributed by atoms with Gasteiger partial charge in [-0.2, -0.15) is 0 Å². The predicted octanol–water partition coefficient (Wildman–Crippen LogP) is 2.91. The van der Waals surface area contributed by atoms with Crippen molar-refractivity contribution in [3.05, 3.63) is 35.0 Å². The first-order valence-corrected chi connectivity index (χ1v) is 5.79. The molecule has 1 aromatic carbocycles. The Bertz CT molecular complexity index is 621. The quantitative estimate of drug-likeness (QED) is 0.847. The minimum Gasteiger partial charge on any atom is -0.494 e. The van der Waals surface area contributed by atoms with Gasteiger partial charge in [-0.3, -0.25) is 0 Å². The van der Waals surface area contributed by atoms with Crippen LogP contribution in [-0.4, -0.2) is 17.1 Å². The normalized spacial score (nSPS) is 10.3. The number of aromatic nitrogens is 2. The minimum atomic E-state index is -0.483. The SMILES string of the molecule is COc1ccc(Nc2nc(C)nc(Cl)c2N)cc1F. The Morgan fingerprint density at radius 1 is 1.37 bits per heavy atom. The largest absolute Gasteiger partial charge is 0.494 e. The summed E-state index contributed by atoms with van der Waals surface area (Å²) in [5.41, 5.74) is 6.45. The highest BCUT2D eigenvalue weighted by Crippen LogP contribution is 2.28. The number of nitrogens with two attached hydrogens (primary N) is 1. The van der Waals surface area contributed by atoms with Gasteiger partial charge in [-0.1, -0.05) is 11.6 Å². The van der Waals surface area contributed by atoms with Gasteiger partial charge in [-0.15, -0.1) is 0 Å². The third-order valence-corrected chi connectivity index (χ3v) is 2.71. The van der Waals surface area contributed by atoms with Crippen LogP contribution in [0.3, 0.4) is 0 Å². The summed E-state index contributed by atoms with van der Waals surface area (Å²) in [6.45, 7) is 1.69. The zero-order valence-corrected chi connectivity index (χ0v) is 11.1. The van der Waals surface area contributed by atoms with Crippen LogP contribution in [0.25, 0.3) is 0 Å². The number of benzene rings is 1. The standard InChI is InChI=1S/C12H12ClFN4O/c1-6-16-11(13)10(15)12(17-6)18-7-3-4-9(19-2)8(14)5-7/h3-5H,15H2,1-2H3,(H,16,17,18). The first kappa shape index (κ1) is 13.4. The van der Waals surface area contributed by atoms with Crippen LogP contribution < -0.4 is 15.8 Å². The van der Waals surface area contributed by atoms with E-state index in [1.807, 2.05) is 0 Å². The molecular formula is C12H12ClFN4O. The van der Waals surface area contributed by atoms with Crippen molar-refractivity contribution in [2.45, 2.75) is 6.92 Å². The van der Waals surface area contributed by atoms with Crippen LogP contribution in [0.15, 0.2) is 18.2 Å². The third-order valence-electron chi connectivity index (χ3n) is 2.43. The smallest absolute Gasteiger partial charge is 0.167 e. The van der Waals surface area contributed by atoms with Gasteiger partial charge in [0.15, 0.2) is 22.5 Å². The number of rotatable bonds is 3. The molecule has 0 amide bonds. The van der Waals surface area contributed by atoms with E-state index in [1.165, 1.54) is 19.2 Å². The number of nitrogens with one attached hydrogen (secondary N) is 1. The van der Waals surface area contributed by atoms with Crippen LogP contribution in [0.4, 0.5) is 21.6 Å². The first-order chi connectivity index (χ1) is 9.01. The molecule has 0 aliphatic carbocycles. The van der Waals surface area contributed by atoms with Crippen LogP contribution in [0.2, 0.25) is 5.15 Å². The lowest BCUT2D eigenvalue weighted by Crippen LogP contribution is -2.03. The Balaban J connectivity index is 2.33. The Morgan fingerprint density at radius 3 is 2.74 bits per heavy atom. The molecule has 0 unspecified atom stereocenters. The fourth-order valence-corrected chi connectivity index (χ4v) is 1.73. The lowest BCUT2D eigenvalue weighted by molar-refractivity contribution is 0.386. The van der Waals surface area contributed by atoms with Gasteiger partial charge < -0.3 is 15.8 Å². The van der Waals surface area contributed by atoms with E-state index in [4.69, 9.17) is 22.1 Å². The Labute approximate surface area is 114 Å². The highest BCUT2D eigenvalue weighted by Gasteiger charge is 2.10. The second kappa shape index (κ2) is 5.27. The van der Waals surface area contributed by atoms with Gasteiger partial charge in [-0.05, 0) is 19.1 Å². The zero-order chi connectivity index (χ0) is 14.0. The molecule has 0 atom stereocenters. The van der Waals surface area contributed by atoms with Crippen molar-refractivity contribution in [1.29, 1.82) is 0 Å². The maximum atomic E-state index is 13.6. The molecule has 2 aromatic rings. The fourth-order valence-electron chi connectivity index (χ4n) is 1.52. The molecule has 1 aromatic heterocycles. The summed E-state index contributed by atoms with van der Waals surface area (Å²) in [6.07, 6.45) is 0. The van der Waals surface area contributed by atoms with E-state index in [1.54, 1.807) is 13.0 Å². The van der Waals surface area contributed by atoms with Gasteiger partial charge in [0.05, 0.1) is 7.11 Å². The summed E-state index contributed by atoms with van der Waals surface area (Å²) >= 11 is 5.85. The van der Waals surface area contributed by atoms with Crippen LogP contribution in [-0.2, 0) is 0 Å². The summed E-state index contributed by atoms with van der Waals surface area (Å²) in [4.78, 5) is 8.03. The average Bonchev–Trinajstić information content (AvgIpc) is 2.35. The van der Waals surface area contributed by atoms with E-state index in [0.29, 0.717) is 17.3 Å². The summed E-state index contributed by atoms with van der Waals surface area (Å²) in [7, 11) is 1.40. The Kier molecular flexibility index (Phi) is 3.71. The lowest BCUT2D eigenvalue weighted by atomic mass is 10.3. The van der Waals surface area contributed by atoms with Crippen LogP contribution in [0.1, 0.15) is 5.82 Å². The molecule has 2 rings (SSSR count). The molecule has 0 radical (unpaired) electrons. The summed E-state index contributed by atoms with van der Waals surface area (Å²) in [5.74, 6) is 0.483. The van der Waals surface area contributed by atoms with E-state index >= 15 is 0 Å². The highest BCUT2D eigenvalue weighted by atomic mass is 35.5. The van der Waals surface area contributed by atoms with E-state index < -0.39 is 5.82 Å². The number of methoxy groups -OCH3 is 1. The van der Waals surface area contributed by atoms with E-state index in [9.17, 15) is 4.39 Å². The fraction of sp³-hybridized carbons (Fsp3) is 0.167. The molecule has 0 fully saturated rings. The van der Waals surface area contributed by atoms with Crippen molar-refractivity contribution >= 4 is 28.8 Å². The predicted molar refractivity (Wildman–Crippen MR) is 72.4 cm³/mol. The molecule has 0 saturated heterocycles. The molecule has 7 heteroatoms. The molecule has 0 spiro atoms. The van der Waals surface area contributed by atoms with Crippen molar-refractivity contribution in [3.63, 3.8) is 0 Å². The lowest BCUT2D eigenvalue weighted by Gasteiger charge is -2.11. The molecular weight excluding hydrogens is 271 g/mol. The van der Waals surface area contributed by atoms with E-state index in [-0.39, 0.29) is 16.6 Å². The number of hydrogen-bond donors (Lipinski definition) is 2. The summed E-state index contributed by atoms with van der Waals surface area (Å²) < 4.78 is 18.4. The second-order valence-electron chi connectivity index (χ2n) is 3.80. The number of hydrogen-bond acceptors (Lipinski definition) is 5. The zero-order valence-electron chi connectivity index (χ0n) is 10.4. The van der Waals surface area contributed by atoms with Gasteiger partial charge in [0.25, 0.3) is 0 Å². The minimum absolute atomic E-state index is 0.156. The van der Waals surface area contributed by atoms with Gasteiger partial charge in [0.1, 0.15) is 11.5 Å². The van der Waals surface area contributed by atoms with Crippen molar-refractivity contribution in [2.24, 2.45) is 0 Å². The molecule has 19 heavy (non-hydrogen) atoms. The first-order valence-electron chi connectivity index (χ1n) is 5.41. The second-order valence-corrected chi connectivity index (χ2v) is 4.16. The summed E-state index contributed by atoms with van der Waals surface area (Å²) in [6, 6.07) is 4.43. The number of nitrogen functional groups attached to an aromatic ring is 1. The number of anilines is 3. The molecule has 0 saturated carbocycles. The Hall–Kier alpha value is -2.08. The van der Waals surface area contributed by atoms with Gasteiger partial charge in [0, 0.05) is 11.8 Å². The molecule has 3 N–H and O–H groups in total.